The van der Waals surface area contributed by atoms with Gasteiger partial charge in [0, 0.05) is 28.2 Å². The molecule has 3 N–H and O–H groups in total. The van der Waals surface area contributed by atoms with E-state index in [1.165, 1.54) is 34.4 Å². The molecule has 1 aliphatic rings. The van der Waals surface area contributed by atoms with Crippen LogP contribution in [0.25, 0.3) is 0 Å². The number of carbonyl (C=O) groups is 1. The molecule has 0 saturated heterocycles. The van der Waals surface area contributed by atoms with Crippen molar-refractivity contribution in [1.82, 2.24) is 14.3 Å². The van der Waals surface area contributed by atoms with Gasteiger partial charge in [0.25, 0.3) is 17.0 Å². The van der Waals surface area contributed by atoms with Gasteiger partial charge in [-0.3, -0.25) is 14.4 Å². The second-order valence-electron chi connectivity index (χ2n) is 8.80. The fraction of sp³-hybridized carbons (Fsp3) is 0.320. The lowest BCUT2D eigenvalue weighted by Gasteiger charge is -2.23. The number of benzene rings is 2. The van der Waals surface area contributed by atoms with Gasteiger partial charge in [0.15, 0.2) is 5.75 Å². The Morgan fingerprint density at radius 2 is 1.59 bits per heavy atom. The third-order valence-corrected chi connectivity index (χ3v) is 6.20. The van der Waals surface area contributed by atoms with Crippen LogP contribution in [0.3, 0.4) is 0 Å². The largest absolute Gasteiger partial charge is 0.505 e. The third kappa shape index (κ3) is 4.28. The van der Waals surface area contributed by atoms with Crippen LogP contribution >= 0.6 is 0 Å². The summed E-state index contributed by atoms with van der Waals surface area (Å²) in [6, 6.07) is 14.3. The topological polar surface area (TPSA) is 109 Å². The van der Waals surface area contributed by atoms with E-state index in [-0.39, 0.29) is 45.9 Å². The van der Waals surface area contributed by atoms with Crippen molar-refractivity contribution in [2.24, 2.45) is 20.0 Å². The summed E-state index contributed by atoms with van der Waals surface area (Å²) in [5, 5.41) is 17.1. The standard InChI is InChI=1S/C25H29N5O4/c1-28(2)23(32)17-11-8-12-18(22(17)31)26-20-21(25(34)30(4)29(3)24(20)33)27-19(16-13-14-16)15-9-6-5-7-10-15/h5-12,16,19,26-27,31H,13-14H2,1-4H3. The Morgan fingerprint density at radius 3 is 2.18 bits per heavy atom. The molecule has 0 radical (unpaired) electrons. The Bertz CT molecular complexity index is 1340. The molecular formula is C25H29N5O4. The Hall–Kier alpha value is -4.01. The summed E-state index contributed by atoms with van der Waals surface area (Å²) in [6.45, 7) is 0. The number of hydrogen-bond acceptors (Lipinski definition) is 6. The molecule has 0 spiro atoms. The number of rotatable bonds is 7. The molecule has 1 atom stereocenters. The quantitative estimate of drug-likeness (QED) is 0.465. The molecular weight excluding hydrogens is 434 g/mol. The fourth-order valence-electron chi connectivity index (χ4n) is 3.97. The van der Waals surface area contributed by atoms with Crippen molar-refractivity contribution in [3.63, 3.8) is 0 Å². The molecule has 9 nitrogen and oxygen atoms in total. The van der Waals surface area contributed by atoms with Crippen LogP contribution in [0.4, 0.5) is 17.1 Å². The number of aromatic nitrogens is 2. The number of phenolic OH excluding ortho intramolecular Hbond substituents is 1. The number of phenols is 1. The van der Waals surface area contributed by atoms with Gasteiger partial charge < -0.3 is 20.6 Å². The van der Waals surface area contributed by atoms with E-state index >= 15 is 0 Å². The number of hydrogen-bond donors (Lipinski definition) is 3. The van der Waals surface area contributed by atoms with Gasteiger partial charge in [-0.2, -0.15) is 0 Å². The summed E-state index contributed by atoms with van der Waals surface area (Å²) < 4.78 is 2.45. The predicted molar refractivity (Wildman–Crippen MR) is 132 cm³/mol. The molecule has 3 aromatic rings. The van der Waals surface area contributed by atoms with E-state index in [2.05, 4.69) is 10.6 Å². The Labute approximate surface area is 197 Å². The lowest BCUT2D eigenvalue weighted by Crippen LogP contribution is -2.38. The van der Waals surface area contributed by atoms with Crippen LogP contribution in [0.2, 0.25) is 0 Å². The summed E-state index contributed by atoms with van der Waals surface area (Å²) in [6.07, 6.45) is 2.05. The van der Waals surface area contributed by atoms with Crippen molar-refractivity contribution in [3.8, 4) is 5.75 Å². The number of nitrogens with zero attached hydrogens (tertiary/aromatic N) is 3. The molecule has 4 rings (SSSR count). The van der Waals surface area contributed by atoms with Crippen molar-refractivity contribution in [3.05, 3.63) is 80.4 Å². The number of amides is 1. The molecule has 1 saturated carbocycles. The maximum absolute atomic E-state index is 13.3. The average Bonchev–Trinajstić information content (AvgIpc) is 3.67. The molecule has 2 aromatic carbocycles. The Balaban J connectivity index is 1.82. The first-order valence-corrected chi connectivity index (χ1v) is 11.1. The molecule has 1 unspecified atom stereocenters. The number of nitrogens with one attached hydrogen (secondary N) is 2. The molecule has 0 bridgehead atoms. The number of anilines is 3. The number of aromatic hydroxyl groups is 1. The average molecular weight is 464 g/mol. The lowest BCUT2D eigenvalue weighted by molar-refractivity contribution is 0.0824. The molecule has 34 heavy (non-hydrogen) atoms. The van der Waals surface area contributed by atoms with Crippen molar-refractivity contribution in [1.29, 1.82) is 0 Å². The van der Waals surface area contributed by atoms with Gasteiger partial charge in [-0.1, -0.05) is 36.4 Å². The van der Waals surface area contributed by atoms with Crippen LogP contribution in [0.15, 0.2) is 58.1 Å². The maximum Gasteiger partial charge on any atom is 0.290 e. The summed E-state index contributed by atoms with van der Waals surface area (Å²) in [5.41, 5.74) is 0.573. The molecule has 1 aliphatic carbocycles. The molecule has 1 aromatic heterocycles. The van der Waals surface area contributed by atoms with Gasteiger partial charge in [-0.15, -0.1) is 0 Å². The number of para-hydroxylation sites is 1. The monoisotopic (exact) mass is 463 g/mol. The van der Waals surface area contributed by atoms with Crippen molar-refractivity contribution < 1.29 is 9.90 Å². The van der Waals surface area contributed by atoms with Crippen molar-refractivity contribution in [2.75, 3.05) is 24.7 Å². The van der Waals surface area contributed by atoms with Gasteiger partial charge in [0.05, 0.1) is 17.3 Å². The van der Waals surface area contributed by atoms with E-state index < -0.39 is 5.56 Å². The van der Waals surface area contributed by atoms with Crippen LogP contribution in [0, 0.1) is 5.92 Å². The second kappa shape index (κ2) is 9.09. The highest BCUT2D eigenvalue weighted by Crippen LogP contribution is 2.43. The molecule has 9 heteroatoms. The van der Waals surface area contributed by atoms with Crippen molar-refractivity contribution in [2.45, 2.75) is 18.9 Å². The van der Waals surface area contributed by atoms with Crippen LogP contribution in [-0.4, -0.2) is 39.4 Å². The van der Waals surface area contributed by atoms with Crippen LogP contribution in [0.5, 0.6) is 5.75 Å². The van der Waals surface area contributed by atoms with E-state index in [0.29, 0.717) is 5.92 Å². The minimum absolute atomic E-state index is 0.0110. The highest BCUT2D eigenvalue weighted by molar-refractivity contribution is 5.98. The molecule has 1 fully saturated rings. The fourth-order valence-corrected chi connectivity index (χ4v) is 3.97. The third-order valence-electron chi connectivity index (χ3n) is 6.20. The van der Waals surface area contributed by atoms with Crippen LogP contribution in [0.1, 0.15) is 34.8 Å². The van der Waals surface area contributed by atoms with Crippen LogP contribution < -0.4 is 21.8 Å². The Morgan fingerprint density at radius 1 is 0.971 bits per heavy atom. The van der Waals surface area contributed by atoms with E-state index in [4.69, 9.17) is 0 Å². The maximum atomic E-state index is 13.3. The van der Waals surface area contributed by atoms with Gasteiger partial charge in [0.1, 0.15) is 11.4 Å². The van der Waals surface area contributed by atoms with Gasteiger partial charge in [-0.25, -0.2) is 9.36 Å². The van der Waals surface area contributed by atoms with Gasteiger partial charge in [-0.05, 0) is 36.5 Å². The first-order valence-electron chi connectivity index (χ1n) is 11.1. The SMILES string of the molecule is CN(C)C(=O)c1cccc(Nc2c(NC(c3ccccc3)C3CC3)c(=O)n(C)n(C)c2=O)c1O. The molecule has 1 amide bonds. The van der Waals surface area contributed by atoms with Gasteiger partial charge >= 0.3 is 0 Å². The van der Waals surface area contributed by atoms with Gasteiger partial charge in [0.2, 0.25) is 0 Å². The van der Waals surface area contributed by atoms with Crippen LogP contribution in [-0.2, 0) is 14.1 Å². The summed E-state index contributed by atoms with van der Waals surface area (Å²) >= 11 is 0. The minimum atomic E-state index is -0.448. The highest BCUT2D eigenvalue weighted by Gasteiger charge is 2.34. The molecule has 0 aliphatic heterocycles. The van der Waals surface area contributed by atoms with E-state index in [0.717, 1.165) is 18.4 Å². The minimum Gasteiger partial charge on any atom is -0.505 e. The van der Waals surface area contributed by atoms with E-state index in [9.17, 15) is 19.5 Å². The molecule has 1 heterocycles. The summed E-state index contributed by atoms with van der Waals surface area (Å²) in [7, 11) is 6.20. The smallest absolute Gasteiger partial charge is 0.290 e. The zero-order valence-corrected chi connectivity index (χ0v) is 19.7. The van der Waals surface area contributed by atoms with Crippen molar-refractivity contribution >= 4 is 23.0 Å². The first-order chi connectivity index (χ1) is 16.2. The number of carbonyl (C=O) groups excluding carboxylic acids is 1. The zero-order chi connectivity index (χ0) is 24.6. The Kier molecular flexibility index (Phi) is 6.19. The summed E-state index contributed by atoms with van der Waals surface area (Å²) in [5.74, 6) is -0.329. The predicted octanol–water partition coefficient (Wildman–Crippen LogP) is 2.80. The van der Waals surface area contributed by atoms with E-state index in [1.54, 1.807) is 26.2 Å². The molecule has 178 valence electrons. The highest BCUT2D eigenvalue weighted by atomic mass is 16.3. The van der Waals surface area contributed by atoms with E-state index in [1.807, 2.05) is 30.3 Å². The normalized spacial score (nSPS) is 13.9. The lowest BCUT2D eigenvalue weighted by atomic mass is 10.0. The second-order valence-corrected chi connectivity index (χ2v) is 8.80. The summed E-state index contributed by atoms with van der Waals surface area (Å²) in [4.78, 5) is 40.3. The zero-order valence-electron chi connectivity index (χ0n) is 19.7. The first kappa shape index (κ1) is 23.2.